The zero-order valence-corrected chi connectivity index (χ0v) is 21.6. The van der Waals surface area contributed by atoms with Crippen LogP contribution in [-0.2, 0) is 36.9 Å². The zero-order valence-electron chi connectivity index (χ0n) is 21.6. The predicted octanol–water partition coefficient (Wildman–Crippen LogP) is 6.64. The highest BCUT2D eigenvalue weighted by molar-refractivity contribution is 5.67. The number of hydrogen-bond donors (Lipinski definition) is 1. The summed E-state index contributed by atoms with van der Waals surface area (Å²) in [4.78, 5) is 11.9. The number of amides is 1. The first-order valence-electron chi connectivity index (χ1n) is 13.1. The van der Waals surface area contributed by atoms with E-state index in [1.54, 1.807) is 6.07 Å². The number of quaternary nitrogens is 1. The van der Waals surface area contributed by atoms with Gasteiger partial charge in [-0.1, -0.05) is 12.8 Å². The summed E-state index contributed by atoms with van der Waals surface area (Å²) < 4.78 is 47.1. The fourth-order valence-corrected chi connectivity index (χ4v) is 6.14. The second-order valence-electron chi connectivity index (χ2n) is 10.4. The molecule has 198 valence electrons. The van der Waals surface area contributed by atoms with Crippen LogP contribution in [0, 0.1) is 17.2 Å². The lowest BCUT2D eigenvalue weighted by molar-refractivity contribution is -0.137. The number of ether oxygens (including phenoxy) is 1. The van der Waals surface area contributed by atoms with Crippen LogP contribution >= 0.6 is 0 Å². The Morgan fingerprint density at radius 2 is 1.81 bits per heavy atom. The second-order valence-corrected chi connectivity index (χ2v) is 10.4. The smallest absolute Gasteiger partial charge is 0.416 e. The Balaban J connectivity index is 1.84. The van der Waals surface area contributed by atoms with Gasteiger partial charge in [-0.25, -0.2) is 4.79 Å². The van der Waals surface area contributed by atoms with Crippen molar-refractivity contribution in [3.63, 3.8) is 0 Å². The van der Waals surface area contributed by atoms with Crippen molar-refractivity contribution in [1.82, 2.24) is 9.80 Å². The average molecular weight is 515 g/mol. The van der Waals surface area contributed by atoms with Crippen molar-refractivity contribution < 1.29 is 22.7 Å². The molecule has 1 saturated carbocycles. The first-order chi connectivity index (χ1) is 17.7. The van der Waals surface area contributed by atoms with E-state index in [1.807, 2.05) is 6.07 Å². The number of benzene rings is 2. The molecular weight excluding hydrogens is 479 g/mol. The van der Waals surface area contributed by atoms with Gasteiger partial charge in [0.2, 0.25) is 0 Å². The SMILES string of the molecule is CC[N+](Cc1cc(C#N)cc(C(F)(F)F)c1)(CC1CCCC1)c1cc2c(cc1COC(=O)NC)CCC2. The Bertz CT molecular complexity index is 1180. The van der Waals surface area contributed by atoms with Crippen molar-refractivity contribution in [2.24, 2.45) is 5.92 Å². The van der Waals surface area contributed by atoms with Crippen LogP contribution in [0.1, 0.15) is 72.4 Å². The van der Waals surface area contributed by atoms with Crippen LogP contribution in [0.3, 0.4) is 0 Å². The standard InChI is InChI=1S/C29H34F3N3O2/c1-3-35(17-20-7-4-5-8-20,18-22-11-21(16-33)12-26(13-22)29(30,31)32)27-15-24-10-6-9-23(24)14-25(27)19-37-28(36)34-2/h11-15,20H,3-10,17-19H2,1-2H3/p+1. The minimum Gasteiger partial charge on any atom is -0.444 e. The lowest BCUT2D eigenvalue weighted by Crippen LogP contribution is -2.52. The molecule has 2 aromatic rings. The number of halogens is 3. The molecule has 2 aliphatic rings. The van der Waals surface area contributed by atoms with E-state index in [9.17, 15) is 23.2 Å². The summed E-state index contributed by atoms with van der Waals surface area (Å²) in [6, 6.07) is 9.94. The number of alkyl carbamates (subject to hydrolysis) is 1. The molecule has 4 rings (SSSR count). The summed E-state index contributed by atoms with van der Waals surface area (Å²) in [6.45, 7) is 3.96. The van der Waals surface area contributed by atoms with Crippen molar-refractivity contribution in [2.75, 3.05) is 20.1 Å². The van der Waals surface area contributed by atoms with Crippen LogP contribution < -0.4 is 9.80 Å². The largest absolute Gasteiger partial charge is 0.444 e. The van der Waals surface area contributed by atoms with Crippen LogP contribution in [0.25, 0.3) is 0 Å². The molecule has 2 aromatic carbocycles. The van der Waals surface area contributed by atoms with Crippen molar-refractivity contribution >= 4 is 11.8 Å². The summed E-state index contributed by atoms with van der Waals surface area (Å²) in [5, 5.41) is 12.0. The van der Waals surface area contributed by atoms with E-state index >= 15 is 0 Å². The quantitative estimate of drug-likeness (QED) is 0.402. The summed E-state index contributed by atoms with van der Waals surface area (Å²) in [5.74, 6) is 0.460. The number of nitrogens with one attached hydrogen (secondary N) is 1. The molecule has 5 nitrogen and oxygen atoms in total. The van der Waals surface area contributed by atoms with Gasteiger partial charge in [0.25, 0.3) is 0 Å². The average Bonchev–Trinajstić information content (AvgIpc) is 3.57. The number of alkyl halides is 3. The summed E-state index contributed by atoms with van der Waals surface area (Å²) >= 11 is 0. The second kappa shape index (κ2) is 11.1. The molecular formula is C29H35F3N3O2+. The lowest BCUT2D eigenvalue weighted by atomic mass is 9.97. The highest BCUT2D eigenvalue weighted by atomic mass is 19.4. The Morgan fingerprint density at radius 1 is 1.11 bits per heavy atom. The predicted molar refractivity (Wildman–Crippen MR) is 137 cm³/mol. The van der Waals surface area contributed by atoms with Gasteiger partial charge in [0.15, 0.2) is 0 Å². The molecule has 0 aliphatic heterocycles. The van der Waals surface area contributed by atoms with E-state index < -0.39 is 17.8 Å². The molecule has 2 aliphatic carbocycles. The topological polar surface area (TPSA) is 62.1 Å². The Hall–Kier alpha value is -3.05. The Labute approximate surface area is 216 Å². The molecule has 1 atom stereocenters. The number of hydrogen-bond acceptors (Lipinski definition) is 3. The van der Waals surface area contributed by atoms with Crippen molar-refractivity contribution in [3.8, 4) is 6.07 Å². The van der Waals surface area contributed by atoms with E-state index in [0.29, 0.717) is 29.1 Å². The van der Waals surface area contributed by atoms with Gasteiger partial charge < -0.3 is 10.1 Å². The maximum atomic E-state index is 13.7. The molecule has 1 amide bonds. The molecule has 0 radical (unpaired) electrons. The molecule has 37 heavy (non-hydrogen) atoms. The normalized spacial score (nSPS) is 17.2. The monoisotopic (exact) mass is 514 g/mol. The van der Waals surface area contributed by atoms with E-state index in [1.165, 1.54) is 24.2 Å². The van der Waals surface area contributed by atoms with Gasteiger partial charge in [-0.3, -0.25) is 4.48 Å². The summed E-state index contributed by atoms with van der Waals surface area (Å²) in [5.41, 5.74) is 4.13. The fraction of sp³-hybridized carbons (Fsp3) is 0.517. The maximum Gasteiger partial charge on any atom is 0.416 e. The van der Waals surface area contributed by atoms with E-state index in [4.69, 9.17) is 4.74 Å². The summed E-state index contributed by atoms with van der Waals surface area (Å²) in [6.07, 6.45) is 2.46. The summed E-state index contributed by atoms with van der Waals surface area (Å²) in [7, 11) is 1.51. The van der Waals surface area contributed by atoms with E-state index in [0.717, 1.165) is 68.8 Å². The van der Waals surface area contributed by atoms with Crippen LogP contribution in [0.4, 0.5) is 23.7 Å². The Kier molecular flexibility index (Phi) is 8.13. The van der Waals surface area contributed by atoms with Crippen molar-refractivity contribution in [3.05, 3.63) is 63.7 Å². The van der Waals surface area contributed by atoms with Crippen molar-refractivity contribution in [1.29, 1.82) is 5.26 Å². The molecule has 1 N–H and O–H groups in total. The fourth-order valence-electron chi connectivity index (χ4n) is 6.14. The minimum absolute atomic E-state index is 0.0111. The van der Waals surface area contributed by atoms with Crippen LogP contribution in [0.15, 0.2) is 30.3 Å². The highest BCUT2D eigenvalue weighted by Crippen LogP contribution is 2.40. The third-order valence-corrected chi connectivity index (χ3v) is 7.99. The highest BCUT2D eigenvalue weighted by Gasteiger charge is 2.38. The maximum absolute atomic E-state index is 13.7. The van der Waals surface area contributed by atoms with Gasteiger partial charge in [0.05, 0.1) is 35.8 Å². The van der Waals surface area contributed by atoms with Gasteiger partial charge >= 0.3 is 12.3 Å². The van der Waals surface area contributed by atoms with Gasteiger partial charge in [-0.2, -0.15) is 18.4 Å². The number of nitriles is 1. The lowest BCUT2D eigenvalue weighted by Gasteiger charge is -2.41. The van der Waals surface area contributed by atoms with Crippen LogP contribution in [0.2, 0.25) is 0 Å². The number of nitrogens with zero attached hydrogens (tertiary/aromatic N) is 2. The number of fused-ring (bicyclic) bond motifs is 1. The molecule has 0 aromatic heterocycles. The first-order valence-corrected chi connectivity index (χ1v) is 13.1. The molecule has 0 spiro atoms. The zero-order chi connectivity index (χ0) is 26.6. The van der Waals surface area contributed by atoms with Gasteiger partial charge in [0.1, 0.15) is 18.8 Å². The van der Waals surface area contributed by atoms with E-state index in [2.05, 4.69) is 24.4 Å². The molecule has 0 heterocycles. The third-order valence-electron chi connectivity index (χ3n) is 7.99. The number of carbonyl (C=O) groups excluding carboxylic acids is 1. The minimum atomic E-state index is -4.53. The Morgan fingerprint density at radius 3 is 2.43 bits per heavy atom. The van der Waals surface area contributed by atoms with Gasteiger partial charge in [0, 0.05) is 24.6 Å². The molecule has 1 unspecified atom stereocenters. The number of rotatable bonds is 8. The molecule has 0 saturated heterocycles. The van der Waals surface area contributed by atoms with Gasteiger partial charge in [-0.15, -0.1) is 0 Å². The number of aryl methyl sites for hydroxylation is 2. The van der Waals surface area contributed by atoms with Gasteiger partial charge in [-0.05, 0) is 74.4 Å². The van der Waals surface area contributed by atoms with Crippen LogP contribution in [0.5, 0.6) is 0 Å². The number of carbonyl (C=O) groups is 1. The molecule has 1 fully saturated rings. The third kappa shape index (κ3) is 6.10. The molecule has 8 heteroatoms. The van der Waals surface area contributed by atoms with Crippen LogP contribution in [-0.4, -0.2) is 26.2 Å². The van der Waals surface area contributed by atoms with E-state index in [-0.39, 0.29) is 12.2 Å². The first kappa shape index (κ1) is 27.0. The molecule has 0 bridgehead atoms. The van der Waals surface area contributed by atoms with Crippen molar-refractivity contribution in [2.45, 2.75) is 71.2 Å².